The van der Waals surface area contributed by atoms with E-state index in [0.29, 0.717) is 24.1 Å². The van der Waals surface area contributed by atoms with Crippen molar-refractivity contribution < 1.29 is 35.9 Å². The van der Waals surface area contributed by atoms with E-state index in [4.69, 9.17) is 4.42 Å². The first kappa shape index (κ1) is 20.5. The second-order valence-corrected chi connectivity index (χ2v) is 7.18. The van der Waals surface area contributed by atoms with Crippen molar-refractivity contribution >= 4 is 0 Å². The van der Waals surface area contributed by atoms with Crippen LogP contribution in [0.15, 0.2) is 52.9 Å². The Morgan fingerprint density at radius 3 is 2.00 bits per heavy atom. The Labute approximate surface area is 167 Å². The summed E-state index contributed by atoms with van der Waals surface area (Å²) in [5.41, 5.74) is -2.57. The number of alkyl halides is 6. The van der Waals surface area contributed by atoms with Gasteiger partial charge in [0.25, 0.3) is 0 Å². The van der Waals surface area contributed by atoms with E-state index >= 15 is 0 Å². The molecule has 1 aliphatic carbocycles. The number of oxazole rings is 1. The van der Waals surface area contributed by atoms with Crippen molar-refractivity contribution in [1.82, 2.24) is 4.98 Å². The molecular weight excluding hydrogens is 412 g/mol. The van der Waals surface area contributed by atoms with Crippen LogP contribution in [0.3, 0.4) is 0 Å². The predicted molar refractivity (Wildman–Crippen MR) is 95.3 cm³/mol. The monoisotopic (exact) mass is 427 g/mol. The quantitative estimate of drug-likeness (QED) is 0.509. The minimum atomic E-state index is -4.97. The summed E-state index contributed by atoms with van der Waals surface area (Å²) >= 11 is 0. The maximum absolute atomic E-state index is 13.3. The second kappa shape index (κ2) is 7.16. The minimum absolute atomic E-state index is 0.0751. The summed E-state index contributed by atoms with van der Waals surface area (Å²) in [6.45, 7) is -0.106. The summed E-state index contributed by atoms with van der Waals surface area (Å²) in [7, 11) is 0. The molecule has 2 aromatic carbocycles. The van der Waals surface area contributed by atoms with E-state index in [1.807, 2.05) is 0 Å². The average molecular weight is 427 g/mol. The minimum Gasteiger partial charge on any atom is -0.440 e. The van der Waals surface area contributed by atoms with Gasteiger partial charge in [-0.2, -0.15) is 26.3 Å². The zero-order valence-electron chi connectivity index (χ0n) is 15.3. The largest absolute Gasteiger partial charge is 0.440 e. The van der Waals surface area contributed by atoms with Crippen molar-refractivity contribution in [3.05, 3.63) is 65.5 Å². The van der Waals surface area contributed by atoms with Gasteiger partial charge >= 0.3 is 12.4 Å². The zero-order valence-corrected chi connectivity index (χ0v) is 15.3. The van der Waals surface area contributed by atoms with E-state index in [9.17, 15) is 31.4 Å². The van der Waals surface area contributed by atoms with Gasteiger partial charge in [-0.3, -0.25) is 0 Å². The molecule has 0 bridgehead atoms. The van der Waals surface area contributed by atoms with Crippen molar-refractivity contribution in [1.29, 1.82) is 0 Å². The Bertz CT molecular complexity index is 1020. The molecule has 1 aliphatic rings. The first-order chi connectivity index (χ1) is 14.1. The highest BCUT2D eigenvalue weighted by molar-refractivity contribution is 5.77. The fourth-order valence-corrected chi connectivity index (χ4v) is 3.32. The van der Waals surface area contributed by atoms with E-state index in [1.165, 1.54) is 0 Å². The summed E-state index contributed by atoms with van der Waals surface area (Å²) in [5.74, 6) is -0.295. The number of rotatable bonds is 4. The van der Waals surface area contributed by atoms with Crippen LogP contribution in [0, 0.1) is 5.92 Å². The lowest BCUT2D eigenvalue weighted by atomic mass is 10.0. The van der Waals surface area contributed by atoms with Crippen molar-refractivity contribution in [2.75, 3.05) is 6.61 Å². The summed E-state index contributed by atoms with van der Waals surface area (Å²) in [6, 6.07) is 9.68. The maximum Gasteiger partial charge on any atom is 0.416 e. The predicted octanol–water partition coefficient (Wildman–Crippen LogP) is 6.14. The zero-order chi connectivity index (χ0) is 21.7. The van der Waals surface area contributed by atoms with Crippen molar-refractivity contribution in [2.45, 2.75) is 24.7 Å². The normalized spacial score (nSPS) is 19.2. The van der Waals surface area contributed by atoms with Gasteiger partial charge in [0.1, 0.15) is 5.69 Å². The topological polar surface area (TPSA) is 46.3 Å². The molecule has 0 amide bonds. The van der Waals surface area contributed by atoms with Gasteiger partial charge in [-0.05, 0) is 30.5 Å². The molecule has 0 aliphatic heterocycles. The Balaban J connectivity index is 1.91. The van der Waals surface area contributed by atoms with Gasteiger partial charge in [0.2, 0.25) is 0 Å². The highest BCUT2D eigenvalue weighted by atomic mass is 19.4. The number of aliphatic hydroxyl groups excluding tert-OH is 1. The lowest BCUT2D eigenvalue weighted by Gasteiger charge is -2.13. The fraction of sp³-hybridized carbons (Fsp3) is 0.286. The number of halogens is 6. The Hall–Kier alpha value is -2.81. The Morgan fingerprint density at radius 1 is 0.900 bits per heavy atom. The number of hydrogen-bond donors (Lipinski definition) is 1. The van der Waals surface area contributed by atoms with Gasteiger partial charge in [0.15, 0.2) is 11.7 Å². The third-order valence-corrected chi connectivity index (χ3v) is 5.02. The van der Waals surface area contributed by atoms with Gasteiger partial charge in [0, 0.05) is 23.7 Å². The molecule has 3 aromatic rings. The molecule has 1 N–H and O–H groups in total. The van der Waals surface area contributed by atoms with Crippen LogP contribution in [-0.4, -0.2) is 16.7 Å². The van der Waals surface area contributed by atoms with Gasteiger partial charge < -0.3 is 9.52 Å². The third-order valence-electron chi connectivity index (χ3n) is 5.02. The molecule has 1 heterocycles. The summed E-state index contributed by atoms with van der Waals surface area (Å²) in [4.78, 5) is 4.36. The number of hydrogen-bond acceptors (Lipinski definition) is 3. The van der Waals surface area contributed by atoms with Crippen molar-refractivity contribution in [3.8, 4) is 22.6 Å². The molecule has 158 valence electrons. The SMILES string of the molecule is OCC1CC1c1nc(-c2ccccc2)c(-c2cc(C(F)(F)F)cc(C(F)(F)F)c2)o1. The van der Waals surface area contributed by atoms with Gasteiger partial charge in [-0.25, -0.2) is 4.98 Å². The highest BCUT2D eigenvalue weighted by Gasteiger charge is 2.43. The number of nitrogens with zero attached hydrogens (tertiary/aromatic N) is 1. The number of aromatic nitrogens is 1. The smallest absolute Gasteiger partial charge is 0.416 e. The van der Waals surface area contributed by atoms with Crippen LogP contribution in [0.5, 0.6) is 0 Å². The molecule has 2 unspecified atom stereocenters. The van der Waals surface area contributed by atoms with Crippen LogP contribution in [0.1, 0.15) is 29.4 Å². The van der Waals surface area contributed by atoms with Crippen LogP contribution in [0.4, 0.5) is 26.3 Å². The molecule has 9 heteroatoms. The molecular formula is C21H15F6NO2. The Kier molecular flexibility index (Phi) is 4.88. The second-order valence-electron chi connectivity index (χ2n) is 7.18. The third kappa shape index (κ3) is 3.94. The molecule has 1 saturated carbocycles. The van der Waals surface area contributed by atoms with Gasteiger partial charge in [-0.1, -0.05) is 30.3 Å². The molecule has 1 fully saturated rings. The van der Waals surface area contributed by atoms with Crippen LogP contribution >= 0.6 is 0 Å². The molecule has 2 atom stereocenters. The van der Waals surface area contributed by atoms with E-state index in [-0.39, 0.29) is 47.4 Å². The standard InChI is InChI=1S/C21H15F6NO2/c22-20(23,24)14-6-12(7-15(9-14)21(25,26)27)18-17(11-4-2-1-3-5-11)28-19(30-18)16-8-13(16)10-29/h1-7,9,13,16,29H,8,10H2. The molecule has 30 heavy (non-hydrogen) atoms. The molecule has 1 aromatic heterocycles. The fourth-order valence-electron chi connectivity index (χ4n) is 3.32. The summed E-state index contributed by atoms with van der Waals surface area (Å²) < 4.78 is 85.3. The first-order valence-corrected chi connectivity index (χ1v) is 9.05. The molecule has 0 saturated heterocycles. The highest BCUT2D eigenvalue weighted by Crippen LogP contribution is 2.49. The maximum atomic E-state index is 13.3. The van der Waals surface area contributed by atoms with Crippen LogP contribution in [0.25, 0.3) is 22.6 Å². The van der Waals surface area contributed by atoms with Crippen LogP contribution in [-0.2, 0) is 12.4 Å². The van der Waals surface area contributed by atoms with Gasteiger partial charge in [-0.15, -0.1) is 0 Å². The van der Waals surface area contributed by atoms with E-state index in [2.05, 4.69) is 4.98 Å². The van der Waals surface area contributed by atoms with Crippen LogP contribution < -0.4 is 0 Å². The van der Waals surface area contributed by atoms with Crippen LogP contribution in [0.2, 0.25) is 0 Å². The molecule has 4 rings (SSSR count). The molecule has 3 nitrogen and oxygen atoms in total. The van der Waals surface area contributed by atoms with Crippen molar-refractivity contribution in [2.24, 2.45) is 5.92 Å². The van der Waals surface area contributed by atoms with E-state index < -0.39 is 23.5 Å². The summed E-state index contributed by atoms with van der Waals surface area (Å²) in [5, 5.41) is 9.28. The molecule has 0 radical (unpaired) electrons. The summed E-state index contributed by atoms with van der Waals surface area (Å²) in [6.07, 6.45) is -9.35. The Morgan fingerprint density at radius 2 is 1.50 bits per heavy atom. The first-order valence-electron chi connectivity index (χ1n) is 9.05. The van der Waals surface area contributed by atoms with E-state index in [0.717, 1.165) is 0 Å². The number of aliphatic hydroxyl groups is 1. The van der Waals surface area contributed by atoms with Crippen molar-refractivity contribution in [3.63, 3.8) is 0 Å². The molecule has 0 spiro atoms. The lowest BCUT2D eigenvalue weighted by molar-refractivity contribution is -0.143. The van der Waals surface area contributed by atoms with Gasteiger partial charge in [0.05, 0.1) is 11.1 Å². The van der Waals surface area contributed by atoms with E-state index in [1.54, 1.807) is 30.3 Å². The number of benzene rings is 2. The average Bonchev–Trinajstić information content (AvgIpc) is 3.36. The lowest BCUT2D eigenvalue weighted by Crippen LogP contribution is -2.11.